The van der Waals surface area contributed by atoms with E-state index < -0.39 is 0 Å². The summed E-state index contributed by atoms with van der Waals surface area (Å²) in [6.07, 6.45) is 6.48. The molecular weight excluding hydrogens is 464 g/mol. The van der Waals surface area contributed by atoms with E-state index >= 15 is 0 Å². The van der Waals surface area contributed by atoms with Crippen LogP contribution in [0, 0.1) is 23.7 Å². The number of rotatable bonds is 6. The number of imide groups is 1. The number of fused-ring (bicyclic) bond motifs is 6. The van der Waals surface area contributed by atoms with E-state index in [0.29, 0.717) is 28.7 Å². The van der Waals surface area contributed by atoms with E-state index in [9.17, 15) is 9.59 Å². The van der Waals surface area contributed by atoms with Gasteiger partial charge in [-0.3, -0.25) is 9.59 Å². The van der Waals surface area contributed by atoms with Crippen LogP contribution in [-0.4, -0.2) is 30.1 Å². The molecule has 1 saturated heterocycles. The first-order valence-electron chi connectivity index (χ1n) is 11.6. The normalized spacial score (nSPS) is 24.7. The zero-order valence-corrected chi connectivity index (χ0v) is 19.8. The minimum absolute atomic E-state index is 0.148. The number of benzene rings is 3. The number of amides is 2. The van der Waals surface area contributed by atoms with Crippen molar-refractivity contribution in [3.8, 4) is 11.5 Å². The summed E-state index contributed by atoms with van der Waals surface area (Å²) in [7, 11) is 1.54. The minimum Gasteiger partial charge on any atom is -0.493 e. The SMILES string of the molecule is COc1cc(C=NN2C(=O)[C@@H]3[C@H](C2=O)[C@H]2C=C[C@H]3C2)cc(Cl)c1OCc1cccc2ccccc12. The second kappa shape index (κ2) is 8.54. The summed E-state index contributed by atoms with van der Waals surface area (Å²) in [4.78, 5) is 25.7. The van der Waals surface area contributed by atoms with Crippen molar-refractivity contribution in [1.29, 1.82) is 0 Å². The lowest BCUT2D eigenvalue weighted by Crippen LogP contribution is -2.28. The number of ether oxygens (including phenoxy) is 2. The zero-order chi connectivity index (χ0) is 24.1. The van der Waals surface area contributed by atoms with E-state index in [2.05, 4.69) is 35.5 Å². The Balaban J connectivity index is 1.22. The number of hydrogen-bond donors (Lipinski definition) is 0. The van der Waals surface area contributed by atoms with Crippen molar-refractivity contribution >= 4 is 40.4 Å². The van der Waals surface area contributed by atoms with Crippen LogP contribution in [0.3, 0.4) is 0 Å². The number of hydrogen-bond acceptors (Lipinski definition) is 5. The molecule has 0 N–H and O–H groups in total. The first-order chi connectivity index (χ1) is 17.0. The molecule has 0 radical (unpaired) electrons. The van der Waals surface area contributed by atoms with Gasteiger partial charge in [0, 0.05) is 0 Å². The minimum atomic E-state index is -0.280. The number of nitrogens with zero attached hydrogens (tertiary/aromatic N) is 2. The van der Waals surface area contributed by atoms with Crippen LogP contribution < -0.4 is 9.47 Å². The van der Waals surface area contributed by atoms with Crippen LogP contribution in [0.2, 0.25) is 5.02 Å². The lowest BCUT2D eigenvalue weighted by atomic mass is 9.85. The van der Waals surface area contributed by atoms with E-state index in [-0.39, 0.29) is 35.5 Å². The highest BCUT2D eigenvalue weighted by molar-refractivity contribution is 6.32. The van der Waals surface area contributed by atoms with E-state index in [1.807, 2.05) is 24.3 Å². The number of carbonyl (C=O) groups is 2. The van der Waals surface area contributed by atoms with Gasteiger partial charge in [0.25, 0.3) is 11.8 Å². The molecule has 1 saturated carbocycles. The van der Waals surface area contributed by atoms with E-state index in [1.54, 1.807) is 12.1 Å². The van der Waals surface area contributed by atoms with E-state index in [0.717, 1.165) is 27.8 Å². The molecule has 3 aliphatic rings. The Morgan fingerprint density at radius 1 is 1.03 bits per heavy atom. The van der Waals surface area contributed by atoms with Crippen LogP contribution >= 0.6 is 11.6 Å². The lowest BCUT2D eigenvalue weighted by Gasteiger charge is -2.15. The molecule has 176 valence electrons. The van der Waals surface area contributed by atoms with Gasteiger partial charge < -0.3 is 9.47 Å². The highest BCUT2D eigenvalue weighted by Crippen LogP contribution is 2.52. The van der Waals surface area contributed by atoms with E-state index in [1.165, 1.54) is 13.3 Å². The molecule has 1 aliphatic heterocycles. The summed E-state index contributed by atoms with van der Waals surface area (Å²) in [5, 5.41) is 7.86. The van der Waals surface area contributed by atoms with Crippen molar-refractivity contribution in [2.45, 2.75) is 13.0 Å². The molecule has 0 aromatic heterocycles. The third-order valence-electron chi connectivity index (χ3n) is 7.27. The molecule has 2 amide bonds. The molecule has 3 aromatic rings. The summed E-state index contributed by atoms with van der Waals surface area (Å²) in [5.41, 5.74) is 1.63. The monoisotopic (exact) mass is 486 g/mol. The Labute approximate surface area is 207 Å². The van der Waals surface area contributed by atoms with Gasteiger partial charge >= 0.3 is 0 Å². The van der Waals surface area contributed by atoms with Crippen LogP contribution in [0.4, 0.5) is 0 Å². The highest BCUT2D eigenvalue weighted by atomic mass is 35.5. The molecule has 0 spiro atoms. The quantitative estimate of drug-likeness (QED) is 0.272. The van der Waals surface area contributed by atoms with Gasteiger partial charge in [-0.1, -0.05) is 66.2 Å². The standard InChI is InChI=1S/C28H23ClN2O4/c1-34-23-12-16(14-30-31-27(32)24-18-9-10-19(13-18)25(24)28(31)33)11-22(29)26(23)35-15-20-7-4-6-17-5-2-3-8-21(17)20/h2-12,14,18-19,24-25H,13,15H2,1H3/t18-,19-,24-,25+/m0/s1. The fourth-order valence-corrected chi connectivity index (χ4v) is 5.92. The number of methoxy groups -OCH3 is 1. The molecular formula is C28H23ClN2O4. The first-order valence-corrected chi connectivity index (χ1v) is 12.0. The second-order valence-corrected chi connectivity index (χ2v) is 9.60. The molecule has 6 nitrogen and oxygen atoms in total. The van der Waals surface area contributed by atoms with Crippen LogP contribution in [0.15, 0.2) is 71.9 Å². The third kappa shape index (κ3) is 3.60. The number of carbonyl (C=O) groups excluding carboxylic acids is 2. The smallest absolute Gasteiger partial charge is 0.254 e. The Bertz CT molecular complexity index is 1380. The fraction of sp³-hybridized carbons (Fsp3) is 0.250. The van der Waals surface area contributed by atoms with Crippen LogP contribution in [-0.2, 0) is 16.2 Å². The molecule has 6 rings (SSSR count). The van der Waals surface area contributed by atoms with Gasteiger partial charge in [0.15, 0.2) is 11.5 Å². The summed E-state index contributed by atoms with van der Waals surface area (Å²) in [5.74, 6) is 0.156. The Morgan fingerprint density at radius 3 is 2.49 bits per heavy atom. The van der Waals surface area contributed by atoms with Crippen molar-refractivity contribution in [3.63, 3.8) is 0 Å². The summed E-state index contributed by atoms with van der Waals surface area (Å²) in [6, 6.07) is 17.6. The molecule has 2 fully saturated rings. The van der Waals surface area contributed by atoms with Gasteiger partial charge in [-0.2, -0.15) is 10.1 Å². The maximum atomic E-state index is 12.9. The maximum absolute atomic E-state index is 12.9. The summed E-state index contributed by atoms with van der Waals surface area (Å²) >= 11 is 6.55. The number of allylic oxidation sites excluding steroid dienone is 2. The van der Waals surface area contributed by atoms with Gasteiger partial charge in [-0.25, -0.2) is 0 Å². The molecule has 2 bridgehead atoms. The molecule has 0 unspecified atom stereocenters. The average molecular weight is 487 g/mol. The van der Waals surface area contributed by atoms with Crippen molar-refractivity contribution in [2.24, 2.45) is 28.8 Å². The Kier molecular flexibility index (Phi) is 5.33. The fourth-order valence-electron chi connectivity index (χ4n) is 5.65. The van der Waals surface area contributed by atoms with Crippen LogP contribution in [0.5, 0.6) is 11.5 Å². The predicted octanol–water partition coefficient (Wildman–Crippen LogP) is 5.22. The molecule has 2 aliphatic carbocycles. The summed E-state index contributed by atoms with van der Waals surface area (Å²) in [6.45, 7) is 0.320. The summed E-state index contributed by atoms with van der Waals surface area (Å²) < 4.78 is 11.6. The number of hydrazone groups is 1. The molecule has 7 heteroatoms. The zero-order valence-electron chi connectivity index (χ0n) is 19.1. The molecule has 3 aromatic carbocycles. The largest absolute Gasteiger partial charge is 0.493 e. The predicted molar refractivity (Wildman–Crippen MR) is 133 cm³/mol. The highest BCUT2D eigenvalue weighted by Gasteiger charge is 2.59. The van der Waals surface area contributed by atoms with Gasteiger partial charge in [0.2, 0.25) is 0 Å². The van der Waals surface area contributed by atoms with Gasteiger partial charge in [-0.05, 0) is 52.3 Å². The van der Waals surface area contributed by atoms with Crippen molar-refractivity contribution in [3.05, 3.63) is 82.9 Å². The van der Waals surface area contributed by atoms with Crippen molar-refractivity contribution < 1.29 is 19.1 Å². The van der Waals surface area contributed by atoms with Gasteiger partial charge in [-0.15, -0.1) is 0 Å². The average Bonchev–Trinajstić information content (AvgIpc) is 3.56. The van der Waals surface area contributed by atoms with Gasteiger partial charge in [0.05, 0.1) is 30.2 Å². The third-order valence-corrected chi connectivity index (χ3v) is 7.55. The number of halogens is 1. The maximum Gasteiger partial charge on any atom is 0.254 e. The Morgan fingerprint density at radius 2 is 1.74 bits per heavy atom. The van der Waals surface area contributed by atoms with E-state index in [4.69, 9.17) is 21.1 Å². The molecule has 35 heavy (non-hydrogen) atoms. The lowest BCUT2D eigenvalue weighted by molar-refractivity contribution is -0.140. The van der Waals surface area contributed by atoms with Crippen LogP contribution in [0.25, 0.3) is 10.8 Å². The topological polar surface area (TPSA) is 68.2 Å². The van der Waals surface area contributed by atoms with Crippen molar-refractivity contribution in [1.82, 2.24) is 5.01 Å². The van der Waals surface area contributed by atoms with Gasteiger partial charge in [0.1, 0.15) is 6.61 Å². The van der Waals surface area contributed by atoms with Crippen LogP contribution in [0.1, 0.15) is 17.5 Å². The first kappa shape index (κ1) is 21.9. The Hall–Kier alpha value is -3.64. The van der Waals surface area contributed by atoms with Crippen molar-refractivity contribution in [2.75, 3.05) is 7.11 Å². The molecule has 4 atom stereocenters. The second-order valence-electron chi connectivity index (χ2n) is 9.19. The molecule has 1 heterocycles.